The highest BCUT2D eigenvalue weighted by Gasteiger charge is 2.08. The average molecular weight is 420 g/mol. The summed E-state index contributed by atoms with van der Waals surface area (Å²) in [6.07, 6.45) is 3.32. The van der Waals surface area contributed by atoms with E-state index in [0.29, 0.717) is 34.5 Å². The summed E-state index contributed by atoms with van der Waals surface area (Å²) < 4.78 is 21.5. The van der Waals surface area contributed by atoms with Crippen LogP contribution in [0, 0.1) is 23.0 Å². The minimum atomic E-state index is 0.358. The number of hydrogen-bond donors (Lipinski definition) is 0. The number of nitrogens with zero attached hydrogens (tertiary/aromatic N) is 2. The van der Waals surface area contributed by atoms with Gasteiger partial charge in [0.05, 0.1) is 0 Å². The summed E-state index contributed by atoms with van der Waals surface area (Å²) in [4.78, 5) is 0. The second kappa shape index (κ2) is 9.71. The van der Waals surface area contributed by atoms with Gasteiger partial charge in [-0.3, -0.25) is 0 Å². The Morgan fingerprint density at radius 3 is 1.12 bits per heavy atom. The van der Waals surface area contributed by atoms with E-state index in [1.54, 1.807) is 48.9 Å². The molecule has 0 spiro atoms. The molecule has 0 saturated heterocycles. The minimum absolute atomic E-state index is 0.358. The van der Waals surface area contributed by atoms with Crippen molar-refractivity contribution < 1.29 is 18.9 Å². The molecule has 0 aliphatic carbocycles. The fourth-order valence-electron chi connectivity index (χ4n) is 3.02. The van der Waals surface area contributed by atoms with Gasteiger partial charge in [0.2, 0.25) is 0 Å². The van der Waals surface area contributed by atoms with Gasteiger partial charge in [0.25, 0.3) is 12.5 Å². The summed E-state index contributed by atoms with van der Waals surface area (Å²) in [7, 11) is 0. The van der Waals surface area contributed by atoms with Gasteiger partial charge in [-0.15, -0.1) is 10.5 Å². The van der Waals surface area contributed by atoms with Crippen LogP contribution < -0.4 is 18.9 Å². The van der Waals surface area contributed by atoms with Crippen LogP contribution in [0.2, 0.25) is 0 Å². The highest BCUT2D eigenvalue weighted by molar-refractivity contribution is 5.65. The Balaban J connectivity index is 1.46. The van der Waals surface area contributed by atoms with Crippen molar-refractivity contribution in [3.63, 3.8) is 0 Å². The van der Waals surface area contributed by atoms with Gasteiger partial charge in [-0.1, -0.05) is 48.5 Å². The van der Waals surface area contributed by atoms with Gasteiger partial charge < -0.3 is 18.9 Å². The van der Waals surface area contributed by atoms with Gasteiger partial charge in [-0.05, 0) is 59.7 Å². The molecule has 0 heterocycles. The molecule has 0 amide bonds. The third kappa shape index (κ3) is 4.79. The molecule has 0 fully saturated rings. The van der Waals surface area contributed by atoms with Crippen molar-refractivity contribution in [1.82, 2.24) is 0 Å². The Kier molecular flexibility index (Phi) is 6.17. The predicted molar refractivity (Wildman–Crippen MR) is 117 cm³/mol. The van der Waals surface area contributed by atoms with Gasteiger partial charge in [-0.2, -0.15) is 0 Å². The molecule has 0 aromatic heterocycles. The van der Waals surface area contributed by atoms with E-state index >= 15 is 0 Å². The molecule has 0 aliphatic rings. The van der Waals surface area contributed by atoms with Crippen LogP contribution in [0.4, 0.5) is 0 Å². The van der Waals surface area contributed by atoms with Crippen molar-refractivity contribution in [2.24, 2.45) is 0 Å². The second-order valence-electron chi connectivity index (χ2n) is 6.53. The van der Waals surface area contributed by atoms with Crippen LogP contribution in [0.15, 0.2) is 97.1 Å². The van der Waals surface area contributed by atoms with Gasteiger partial charge in [0, 0.05) is 0 Å². The Labute approximate surface area is 185 Å². The van der Waals surface area contributed by atoms with Crippen LogP contribution in [0.25, 0.3) is 11.1 Å². The standard InChI is InChI=1S/C26H16N2O4/c27-17-29-23-5-1-3-7-25(23)31-21-13-9-19(10-14-21)20-11-15-22(16-12-20)32-26-8-4-2-6-24(26)30-18-28/h1-16H. The summed E-state index contributed by atoms with van der Waals surface area (Å²) in [6.45, 7) is 0. The van der Waals surface area contributed by atoms with Crippen molar-refractivity contribution in [3.8, 4) is 58.1 Å². The number of rotatable bonds is 7. The first-order chi connectivity index (χ1) is 15.8. The average Bonchev–Trinajstić information content (AvgIpc) is 2.83. The van der Waals surface area contributed by atoms with Crippen LogP contribution in [0.1, 0.15) is 0 Å². The highest BCUT2D eigenvalue weighted by Crippen LogP contribution is 2.34. The first-order valence-corrected chi connectivity index (χ1v) is 9.63. The second-order valence-corrected chi connectivity index (χ2v) is 6.53. The molecule has 0 radical (unpaired) electrons. The molecule has 6 nitrogen and oxygen atoms in total. The molecule has 0 N–H and O–H groups in total. The summed E-state index contributed by atoms with van der Waals surface area (Å²) in [6, 6.07) is 29.1. The Bertz CT molecular complexity index is 1180. The molecule has 4 aromatic rings. The van der Waals surface area contributed by atoms with E-state index in [-0.39, 0.29) is 0 Å². The number of nitriles is 2. The van der Waals surface area contributed by atoms with Crippen LogP contribution in [-0.2, 0) is 0 Å². The van der Waals surface area contributed by atoms with E-state index in [4.69, 9.17) is 29.5 Å². The molecular formula is C26H16N2O4. The molecule has 32 heavy (non-hydrogen) atoms. The fourth-order valence-corrected chi connectivity index (χ4v) is 3.02. The quantitative estimate of drug-likeness (QED) is 0.311. The molecule has 0 unspecified atom stereocenters. The zero-order chi connectivity index (χ0) is 22.2. The Morgan fingerprint density at radius 2 is 0.781 bits per heavy atom. The minimum Gasteiger partial charge on any atom is -0.453 e. The lowest BCUT2D eigenvalue weighted by atomic mass is 10.1. The first-order valence-electron chi connectivity index (χ1n) is 9.63. The summed E-state index contributed by atoms with van der Waals surface area (Å²) in [5.41, 5.74) is 2.00. The predicted octanol–water partition coefficient (Wildman–Crippen LogP) is 6.66. The molecule has 0 aliphatic heterocycles. The maximum absolute atomic E-state index is 8.76. The maximum Gasteiger partial charge on any atom is 0.292 e. The van der Waals surface area contributed by atoms with E-state index in [0.717, 1.165) is 11.1 Å². The summed E-state index contributed by atoms with van der Waals surface area (Å²) >= 11 is 0. The van der Waals surface area contributed by atoms with E-state index < -0.39 is 0 Å². The lowest BCUT2D eigenvalue weighted by molar-refractivity contribution is 0.429. The zero-order valence-corrected chi connectivity index (χ0v) is 16.8. The smallest absolute Gasteiger partial charge is 0.292 e. The lowest BCUT2D eigenvalue weighted by Gasteiger charge is -2.10. The molecule has 4 aromatic carbocycles. The molecule has 4 rings (SSSR count). The normalized spacial score (nSPS) is 9.81. The summed E-state index contributed by atoms with van der Waals surface area (Å²) in [5.74, 6) is 2.88. The number of hydrogen-bond acceptors (Lipinski definition) is 6. The maximum atomic E-state index is 8.76. The number of benzene rings is 4. The molecule has 0 bridgehead atoms. The van der Waals surface area contributed by atoms with Gasteiger partial charge >= 0.3 is 0 Å². The molecular weight excluding hydrogens is 404 g/mol. The number of ether oxygens (including phenoxy) is 4. The van der Waals surface area contributed by atoms with Crippen LogP contribution in [0.3, 0.4) is 0 Å². The number of para-hydroxylation sites is 4. The molecule has 0 atom stereocenters. The third-order valence-corrected chi connectivity index (χ3v) is 4.51. The van der Waals surface area contributed by atoms with E-state index in [1.165, 1.54) is 0 Å². The molecule has 0 saturated carbocycles. The third-order valence-electron chi connectivity index (χ3n) is 4.51. The molecule has 154 valence electrons. The first kappa shape index (κ1) is 20.3. The lowest BCUT2D eigenvalue weighted by Crippen LogP contribution is -1.90. The van der Waals surface area contributed by atoms with Gasteiger partial charge in [0.1, 0.15) is 11.5 Å². The van der Waals surface area contributed by atoms with Crippen molar-refractivity contribution in [1.29, 1.82) is 10.5 Å². The molecule has 6 heteroatoms. The fraction of sp³-hybridized carbons (Fsp3) is 0. The largest absolute Gasteiger partial charge is 0.453 e. The Hall–Kier alpha value is -4.94. The SMILES string of the molecule is N#COc1ccccc1Oc1ccc(-c2ccc(Oc3ccccc3OC#N)cc2)cc1. The topological polar surface area (TPSA) is 84.5 Å². The highest BCUT2D eigenvalue weighted by atomic mass is 16.5. The van der Waals surface area contributed by atoms with Crippen LogP contribution in [0.5, 0.6) is 34.5 Å². The van der Waals surface area contributed by atoms with E-state index in [9.17, 15) is 0 Å². The monoisotopic (exact) mass is 420 g/mol. The van der Waals surface area contributed by atoms with E-state index in [2.05, 4.69) is 0 Å². The summed E-state index contributed by atoms with van der Waals surface area (Å²) in [5, 5.41) is 17.5. The zero-order valence-electron chi connectivity index (χ0n) is 16.8. The van der Waals surface area contributed by atoms with Crippen LogP contribution >= 0.6 is 0 Å². The van der Waals surface area contributed by atoms with Crippen molar-refractivity contribution in [2.45, 2.75) is 0 Å². The van der Waals surface area contributed by atoms with Gasteiger partial charge in [-0.25, -0.2) is 0 Å². The van der Waals surface area contributed by atoms with Gasteiger partial charge in [0.15, 0.2) is 23.0 Å². The van der Waals surface area contributed by atoms with Crippen molar-refractivity contribution in [2.75, 3.05) is 0 Å². The van der Waals surface area contributed by atoms with Crippen molar-refractivity contribution >= 4 is 0 Å². The van der Waals surface area contributed by atoms with Crippen LogP contribution in [-0.4, -0.2) is 0 Å². The Morgan fingerprint density at radius 1 is 0.438 bits per heavy atom. The van der Waals surface area contributed by atoms with E-state index in [1.807, 2.05) is 60.7 Å². The van der Waals surface area contributed by atoms with Crippen molar-refractivity contribution in [3.05, 3.63) is 97.1 Å².